The molecule has 4 rings (SSSR count). The molecule has 0 fully saturated rings. The molecule has 4 aromatic rings. The number of carbonyl (C=O) groups is 4. The van der Waals surface area contributed by atoms with Crippen molar-refractivity contribution >= 4 is 69.3 Å². The number of nitrogens with zero attached hydrogens (tertiary/aromatic N) is 2. The Hall–Kier alpha value is -3.42. The van der Waals surface area contributed by atoms with Crippen LogP contribution in [-0.2, 0) is 38.7 Å². The summed E-state index contributed by atoms with van der Waals surface area (Å²) in [6.07, 6.45) is 5.24. The minimum absolute atomic E-state index is 0. The number of benzene rings is 2. The summed E-state index contributed by atoms with van der Waals surface area (Å²) in [4.78, 5) is 59.5. The zero-order valence-corrected chi connectivity index (χ0v) is 32.7. The van der Waals surface area contributed by atoms with Crippen molar-refractivity contribution in [1.82, 2.24) is 30.6 Å². The van der Waals surface area contributed by atoms with Gasteiger partial charge in [0.15, 0.2) is 10.3 Å². The van der Waals surface area contributed by atoms with E-state index in [1.807, 2.05) is 48.5 Å². The van der Waals surface area contributed by atoms with E-state index in [0.29, 0.717) is 23.6 Å². The monoisotopic (exact) mass is 760 g/mol. The van der Waals surface area contributed by atoms with Gasteiger partial charge in [-0.2, -0.15) is 0 Å². The van der Waals surface area contributed by atoms with Crippen molar-refractivity contribution in [3.05, 3.63) is 48.5 Å². The largest absolute Gasteiger partial charge is 2.00 e. The van der Waals surface area contributed by atoms with Gasteiger partial charge in [-0.1, -0.05) is 74.5 Å². The molecule has 0 saturated heterocycles. The fourth-order valence-electron chi connectivity index (χ4n) is 4.81. The standard InChI is InChI=1S/2C17H23N3O3S.Zn/c2*1-2-5-12(10-11-18-15(21)8-9-16(22)23)24-17-19-13-6-3-4-7-14(13)20-17;/h2*3-4,6-7,12H,2,5,8-11H2,1H3,(H,18,21)(H,19,20)(H,22,23);/q;;+2/p-2. The van der Waals surface area contributed by atoms with E-state index < -0.39 is 11.9 Å². The number of carboxylic acids is 2. The molecule has 0 spiro atoms. The molecule has 2 aromatic heterocycles. The van der Waals surface area contributed by atoms with Crippen molar-refractivity contribution in [3.63, 3.8) is 0 Å². The van der Waals surface area contributed by atoms with Crippen LogP contribution in [-0.4, -0.2) is 67.3 Å². The minimum Gasteiger partial charge on any atom is -0.550 e. The van der Waals surface area contributed by atoms with Crippen LogP contribution in [0.2, 0.25) is 0 Å². The van der Waals surface area contributed by atoms with Crippen molar-refractivity contribution in [3.8, 4) is 0 Å². The molecule has 0 aliphatic heterocycles. The molecule has 0 aliphatic rings. The van der Waals surface area contributed by atoms with Gasteiger partial charge in [0, 0.05) is 48.4 Å². The van der Waals surface area contributed by atoms with Crippen LogP contribution in [0.15, 0.2) is 58.8 Å². The van der Waals surface area contributed by atoms with Crippen molar-refractivity contribution in [2.75, 3.05) is 13.1 Å². The summed E-state index contributed by atoms with van der Waals surface area (Å²) in [5.74, 6) is -2.89. The number of imidazole rings is 2. The predicted octanol–water partition coefficient (Wildman–Crippen LogP) is 3.72. The van der Waals surface area contributed by atoms with E-state index in [2.05, 4.69) is 44.4 Å². The van der Waals surface area contributed by atoms with Crippen LogP contribution in [0.5, 0.6) is 0 Å². The fourth-order valence-corrected chi connectivity index (χ4v) is 7.26. The minimum atomic E-state index is -1.20. The average Bonchev–Trinajstić information content (AvgIpc) is 3.66. The maximum absolute atomic E-state index is 11.5. The summed E-state index contributed by atoms with van der Waals surface area (Å²) in [6, 6.07) is 15.8. The molecule has 0 saturated carbocycles. The second-order valence-corrected chi connectivity index (χ2v) is 13.8. The van der Waals surface area contributed by atoms with Crippen LogP contribution in [0.1, 0.15) is 78.1 Å². The maximum atomic E-state index is 11.5. The normalized spacial score (nSPS) is 12.0. The molecule has 2 unspecified atom stereocenters. The first kappa shape index (κ1) is 41.8. The third kappa shape index (κ3) is 16.2. The van der Waals surface area contributed by atoms with Gasteiger partial charge in [-0.15, -0.1) is 0 Å². The SMILES string of the molecule is CCCC(CCNC(=O)CCC(=O)[O-])Sc1nc2ccccc2[nH]1.CCCC(CCNC(=O)CCC(=O)[O-])Sc1nc2ccccc2[nH]1.[Zn+2]. The number of hydrogen-bond acceptors (Lipinski definition) is 10. The number of para-hydroxylation sites is 4. The third-order valence-electron chi connectivity index (χ3n) is 7.20. The Kier molecular flexibility index (Phi) is 19.7. The molecule has 49 heavy (non-hydrogen) atoms. The summed E-state index contributed by atoms with van der Waals surface area (Å²) in [6.45, 7) is 5.32. The number of amides is 2. The van der Waals surface area contributed by atoms with Crippen molar-refractivity contribution < 1.29 is 48.9 Å². The van der Waals surface area contributed by atoms with E-state index in [1.54, 1.807) is 23.5 Å². The third-order valence-corrected chi connectivity index (χ3v) is 9.65. The summed E-state index contributed by atoms with van der Waals surface area (Å²) >= 11 is 3.37. The molecular formula is C34H44N6O6S2Zn. The van der Waals surface area contributed by atoms with Crippen LogP contribution in [0.3, 0.4) is 0 Å². The van der Waals surface area contributed by atoms with Gasteiger partial charge in [0.1, 0.15) is 0 Å². The molecule has 2 atom stereocenters. The number of H-pyrrole nitrogens is 2. The van der Waals surface area contributed by atoms with E-state index in [-0.39, 0.29) is 57.0 Å². The molecule has 0 aliphatic carbocycles. The molecule has 12 nitrogen and oxygen atoms in total. The van der Waals surface area contributed by atoms with Crippen LogP contribution in [0.4, 0.5) is 0 Å². The van der Waals surface area contributed by atoms with Gasteiger partial charge < -0.3 is 40.4 Å². The summed E-state index contributed by atoms with van der Waals surface area (Å²) < 4.78 is 0. The Labute approximate surface area is 307 Å². The van der Waals surface area contributed by atoms with Gasteiger partial charge in [-0.05, 0) is 62.8 Å². The van der Waals surface area contributed by atoms with Gasteiger partial charge in [0.05, 0.1) is 22.1 Å². The van der Waals surface area contributed by atoms with Gasteiger partial charge in [-0.25, -0.2) is 9.97 Å². The van der Waals surface area contributed by atoms with Crippen molar-refractivity contribution in [2.45, 2.75) is 98.9 Å². The zero-order chi connectivity index (χ0) is 34.7. The topological polar surface area (TPSA) is 196 Å². The number of rotatable bonds is 20. The molecule has 2 amide bonds. The van der Waals surface area contributed by atoms with E-state index in [0.717, 1.165) is 70.9 Å². The Balaban J connectivity index is 0.000000333. The van der Waals surface area contributed by atoms with E-state index in [1.165, 1.54) is 0 Å². The van der Waals surface area contributed by atoms with Crippen LogP contribution < -0.4 is 20.8 Å². The smallest absolute Gasteiger partial charge is 0.550 e. The zero-order valence-electron chi connectivity index (χ0n) is 28.1. The molecule has 4 N–H and O–H groups in total. The van der Waals surface area contributed by atoms with Gasteiger partial charge in [0.2, 0.25) is 11.8 Å². The maximum Gasteiger partial charge on any atom is 2.00 e. The number of aliphatic carboxylic acids is 2. The first-order chi connectivity index (χ1) is 23.2. The Morgan fingerprint density at radius 3 is 1.39 bits per heavy atom. The molecule has 260 valence electrons. The van der Waals surface area contributed by atoms with Crippen molar-refractivity contribution in [2.24, 2.45) is 0 Å². The summed E-state index contributed by atoms with van der Waals surface area (Å²) in [5, 5.41) is 28.7. The molecule has 15 heteroatoms. The van der Waals surface area contributed by atoms with Crippen LogP contribution in [0.25, 0.3) is 22.1 Å². The molecule has 2 heterocycles. The molecule has 0 bridgehead atoms. The van der Waals surface area contributed by atoms with Gasteiger partial charge in [0.25, 0.3) is 0 Å². The van der Waals surface area contributed by atoms with E-state index in [9.17, 15) is 29.4 Å². The summed E-state index contributed by atoms with van der Waals surface area (Å²) in [5.41, 5.74) is 3.94. The number of carbonyl (C=O) groups excluding carboxylic acids is 4. The molecule has 2 aromatic carbocycles. The number of aromatic nitrogens is 4. The summed E-state index contributed by atoms with van der Waals surface area (Å²) in [7, 11) is 0. The molecule has 0 radical (unpaired) electrons. The van der Waals surface area contributed by atoms with Gasteiger partial charge >= 0.3 is 19.5 Å². The predicted molar refractivity (Wildman–Crippen MR) is 185 cm³/mol. The van der Waals surface area contributed by atoms with Crippen LogP contribution >= 0.6 is 23.5 Å². The Morgan fingerprint density at radius 1 is 0.653 bits per heavy atom. The van der Waals surface area contributed by atoms with Crippen molar-refractivity contribution in [1.29, 1.82) is 0 Å². The quantitative estimate of drug-likeness (QED) is 0.0762. The number of hydrogen-bond donors (Lipinski definition) is 4. The average molecular weight is 762 g/mol. The first-order valence-electron chi connectivity index (χ1n) is 16.3. The molecular weight excluding hydrogens is 718 g/mol. The fraction of sp³-hybridized carbons (Fsp3) is 0.471. The Morgan fingerprint density at radius 2 is 1.04 bits per heavy atom. The number of fused-ring (bicyclic) bond motifs is 2. The second kappa shape index (κ2) is 23.1. The number of carboxylic acid groups (broad SMARTS) is 2. The number of thioether (sulfide) groups is 2. The second-order valence-electron chi connectivity index (χ2n) is 11.2. The van der Waals surface area contributed by atoms with Crippen LogP contribution in [0, 0.1) is 0 Å². The van der Waals surface area contributed by atoms with E-state index >= 15 is 0 Å². The van der Waals surface area contributed by atoms with E-state index in [4.69, 9.17) is 0 Å². The first-order valence-corrected chi connectivity index (χ1v) is 18.1. The number of nitrogens with one attached hydrogen (secondary N) is 4. The number of aromatic amines is 2. The Bertz CT molecular complexity index is 1430. The van der Waals surface area contributed by atoms with Gasteiger partial charge in [-0.3, -0.25) is 9.59 Å².